The molecule has 0 N–H and O–H groups in total. The van der Waals surface area contributed by atoms with Gasteiger partial charge in [-0.25, -0.2) is 4.79 Å². The zero-order chi connectivity index (χ0) is 18.9. The molecular formula is C21H25NO4. The number of fused-ring (bicyclic) bond motifs is 3. The van der Waals surface area contributed by atoms with E-state index in [4.69, 9.17) is 4.74 Å². The van der Waals surface area contributed by atoms with Crippen LogP contribution in [0, 0.1) is 16.7 Å². The molecule has 5 heteroatoms. The Balaban J connectivity index is 1.52. The van der Waals surface area contributed by atoms with Crippen LogP contribution in [0.3, 0.4) is 0 Å². The van der Waals surface area contributed by atoms with Crippen molar-refractivity contribution in [2.45, 2.75) is 59.1 Å². The van der Waals surface area contributed by atoms with Crippen LogP contribution in [0.2, 0.25) is 0 Å². The van der Waals surface area contributed by atoms with Crippen molar-refractivity contribution in [3.05, 3.63) is 35.4 Å². The topological polar surface area (TPSA) is 63.7 Å². The van der Waals surface area contributed by atoms with Gasteiger partial charge in [-0.2, -0.15) is 0 Å². The van der Waals surface area contributed by atoms with E-state index >= 15 is 0 Å². The summed E-state index contributed by atoms with van der Waals surface area (Å²) in [6, 6.07) is 5.75. The van der Waals surface area contributed by atoms with Crippen LogP contribution >= 0.6 is 0 Å². The molecule has 3 aliphatic rings. The zero-order valence-corrected chi connectivity index (χ0v) is 15.7. The zero-order valence-electron chi connectivity index (χ0n) is 15.7. The number of ether oxygens (including phenoxy) is 1. The number of amides is 2. The van der Waals surface area contributed by atoms with Gasteiger partial charge in [0, 0.05) is 5.41 Å². The molecule has 0 aromatic heterocycles. The van der Waals surface area contributed by atoms with Crippen molar-refractivity contribution in [3.63, 3.8) is 0 Å². The monoisotopic (exact) mass is 355 g/mol. The molecule has 0 unspecified atom stereocenters. The van der Waals surface area contributed by atoms with Crippen molar-refractivity contribution in [1.82, 2.24) is 4.90 Å². The standard InChI is InChI=1S/C21H25NO4/c1-12(22-17(23)14-7-5-6-8-15(14)18(22)24)19(25)26-16-11-13-9-10-21(16,4)20(13,2)3/h5-8,12-13,16H,9-11H2,1-4H3/t12-,13-,16+,21+/m0/s1. The molecule has 5 nitrogen and oxygen atoms in total. The van der Waals surface area contributed by atoms with Gasteiger partial charge in [-0.1, -0.05) is 32.9 Å². The lowest BCUT2D eigenvalue weighted by Gasteiger charge is -2.39. The van der Waals surface area contributed by atoms with Crippen LogP contribution in [-0.2, 0) is 9.53 Å². The third-order valence-electron chi connectivity index (χ3n) is 7.53. The van der Waals surface area contributed by atoms with E-state index < -0.39 is 23.8 Å². The molecule has 0 radical (unpaired) electrons. The van der Waals surface area contributed by atoms with Crippen molar-refractivity contribution < 1.29 is 19.1 Å². The molecule has 1 aromatic rings. The van der Waals surface area contributed by atoms with Gasteiger partial charge in [-0.05, 0) is 49.7 Å². The average molecular weight is 355 g/mol. The summed E-state index contributed by atoms with van der Waals surface area (Å²) >= 11 is 0. The summed E-state index contributed by atoms with van der Waals surface area (Å²) in [6.07, 6.45) is 2.93. The Bertz CT molecular complexity index is 779. The Hall–Kier alpha value is -2.17. The summed E-state index contributed by atoms with van der Waals surface area (Å²) in [5.41, 5.74) is 0.793. The Labute approximate surface area is 153 Å². The van der Waals surface area contributed by atoms with Crippen LogP contribution < -0.4 is 0 Å². The van der Waals surface area contributed by atoms with Crippen LogP contribution in [0.4, 0.5) is 0 Å². The fraction of sp³-hybridized carbons (Fsp3) is 0.571. The molecule has 4 rings (SSSR count). The van der Waals surface area contributed by atoms with E-state index in [0.29, 0.717) is 17.0 Å². The second kappa shape index (κ2) is 5.41. The number of imide groups is 1. The molecule has 2 bridgehead atoms. The Kier molecular flexibility index (Phi) is 3.59. The van der Waals surface area contributed by atoms with Crippen molar-refractivity contribution in [2.75, 3.05) is 0 Å². The Morgan fingerprint density at radius 3 is 2.19 bits per heavy atom. The molecule has 26 heavy (non-hydrogen) atoms. The first-order valence-electron chi connectivity index (χ1n) is 9.36. The largest absolute Gasteiger partial charge is 0.460 e. The minimum absolute atomic E-state index is 0.0466. The van der Waals surface area contributed by atoms with E-state index in [-0.39, 0.29) is 16.9 Å². The lowest BCUT2D eigenvalue weighted by atomic mass is 9.70. The number of carbonyl (C=O) groups excluding carboxylic acids is 3. The predicted molar refractivity (Wildman–Crippen MR) is 95.5 cm³/mol. The second-order valence-corrected chi connectivity index (χ2v) is 8.74. The van der Waals surface area contributed by atoms with E-state index in [1.165, 1.54) is 6.42 Å². The summed E-state index contributed by atoms with van der Waals surface area (Å²) in [7, 11) is 0. The lowest BCUT2D eigenvalue weighted by molar-refractivity contribution is -0.161. The lowest BCUT2D eigenvalue weighted by Crippen LogP contribution is -2.46. The van der Waals surface area contributed by atoms with Crippen LogP contribution in [0.5, 0.6) is 0 Å². The maximum atomic E-state index is 12.8. The highest BCUT2D eigenvalue weighted by Crippen LogP contribution is 2.66. The number of carbonyl (C=O) groups is 3. The van der Waals surface area contributed by atoms with Gasteiger partial charge in [0.05, 0.1) is 11.1 Å². The Morgan fingerprint density at radius 1 is 1.15 bits per heavy atom. The van der Waals surface area contributed by atoms with E-state index in [0.717, 1.165) is 17.7 Å². The van der Waals surface area contributed by atoms with Crippen molar-refractivity contribution >= 4 is 17.8 Å². The highest BCUT2D eigenvalue weighted by molar-refractivity contribution is 6.22. The highest BCUT2D eigenvalue weighted by Gasteiger charge is 2.63. The van der Waals surface area contributed by atoms with Gasteiger partial charge in [-0.15, -0.1) is 0 Å². The molecule has 0 spiro atoms. The minimum Gasteiger partial charge on any atom is -0.460 e. The third kappa shape index (κ3) is 2.06. The number of rotatable bonds is 3. The minimum atomic E-state index is -0.923. The van der Waals surface area contributed by atoms with E-state index in [1.807, 2.05) is 0 Å². The first-order valence-corrected chi connectivity index (χ1v) is 9.36. The average Bonchev–Trinajstić information content (AvgIpc) is 3.07. The SMILES string of the molecule is C[C@@H](C(=O)O[C@@H]1C[C@@H]2CC[C@@]1(C)C2(C)C)N1C(=O)c2ccccc2C1=O. The molecule has 138 valence electrons. The van der Waals surface area contributed by atoms with Crippen LogP contribution in [-0.4, -0.2) is 34.8 Å². The maximum Gasteiger partial charge on any atom is 0.329 e. The van der Waals surface area contributed by atoms with Gasteiger partial charge in [0.15, 0.2) is 0 Å². The quantitative estimate of drug-likeness (QED) is 0.615. The van der Waals surface area contributed by atoms with E-state index in [9.17, 15) is 14.4 Å². The van der Waals surface area contributed by atoms with E-state index in [2.05, 4.69) is 20.8 Å². The smallest absolute Gasteiger partial charge is 0.329 e. The van der Waals surface area contributed by atoms with Crippen LogP contribution in [0.1, 0.15) is 67.7 Å². The van der Waals surface area contributed by atoms with Crippen molar-refractivity contribution in [1.29, 1.82) is 0 Å². The van der Waals surface area contributed by atoms with Gasteiger partial charge in [0.1, 0.15) is 12.1 Å². The predicted octanol–water partition coefficient (Wildman–Crippen LogP) is 3.43. The highest BCUT2D eigenvalue weighted by atomic mass is 16.5. The number of hydrogen-bond donors (Lipinski definition) is 0. The fourth-order valence-electron chi connectivity index (χ4n) is 5.21. The van der Waals surface area contributed by atoms with E-state index in [1.54, 1.807) is 31.2 Å². The van der Waals surface area contributed by atoms with Gasteiger partial charge in [0.2, 0.25) is 0 Å². The first-order chi connectivity index (χ1) is 12.2. The summed E-state index contributed by atoms with van der Waals surface area (Å²) in [6.45, 7) is 8.29. The fourth-order valence-corrected chi connectivity index (χ4v) is 5.21. The first kappa shape index (κ1) is 17.3. The van der Waals surface area contributed by atoms with Crippen LogP contribution in [0.25, 0.3) is 0 Å². The third-order valence-corrected chi connectivity index (χ3v) is 7.53. The van der Waals surface area contributed by atoms with Crippen molar-refractivity contribution in [3.8, 4) is 0 Å². The maximum absolute atomic E-state index is 12.8. The summed E-state index contributed by atoms with van der Waals surface area (Å²) in [5.74, 6) is -0.780. The molecule has 0 saturated heterocycles. The molecular weight excluding hydrogens is 330 g/mol. The summed E-state index contributed by atoms with van der Waals surface area (Å²) in [4.78, 5) is 39.0. The Morgan fingerprint density at radius 2 is 1.73 bits per heavy atom. The van der Waals surface area contributed by atoms with Gasteiger partial charge in [0.25, 0.3) is 11.8 Å². The molecule has 1 heterocycles. The molecule has 4 atom stereocenters. The number of benzene rings is 1. The normalized spacial score (nSPS) is 32.7. The molecule has 2 amide bonds. The number of esters is 1. The van der Waals surface area contributed by atoms with Crippen molar-refractivity contribution in [2.24, 2.45) is 16.7 Å². The van der Waals surface area contributed by atoms with Gasteiger partial charge in [-0.3, -0.25) is 14.5 Å². The molecule has 1 aliphatic heterocycles. The van der Waals surface area contributed by atoms with Gasteiger partial charge < -0.3 is 4.74 Å². The number of hydrogen-bond acceptors (Lipinski definition) is 4. The molecule has 1 aromatic carbocycles. The molecule has 2 aliphatic carbocycles. The van der Waals surface area contributed by atoms with Crippen LogP contribution in [0.15, 0.2) is 24.3 Å². The van der Waals surface area contributed by atoms with Gasteiger partial charge >= 0.3 is 5.97 Å². The molecule has 2 saturated carbocycles. The summed E-state index contributed by atoms with van der Waals surface area (Å²) in [5, 5.41) is 0. The molecule has 2 fully saturated rings. The number of nitrogens with zero attached hydrogens (tertiary/aromatic N) is 1. The second-order valence-electron chi connectivity index (χ2n) is 8.74. The summed E-state index contributed by atoms with van der Waals surface area (Å²) < 4.78 is 5.87.